The molecular weight excluding hydrogens is 260 g/mol. The molecule has 0 amide bonds. The van der Waals surface area contributed by atoms with Gasteiger partial charge in [0.25, 0.3) is 0 Å². The van der Waals surface area contributed by atoms with E-state index >= 15 is 0 Å². The second-order valence-electron chi connectivity index (χ2n) is 5.50. The molecule has 0 saturated carbocycles. The van der Waals surface area contributed by atoms with Crippen molar-refractivity contribution in [2.75, 3.05) is 0 Å². The van der Waals surface area contributed by atoms with Gasteiger partial charge < -0.3 is 0 Å². The van der Waals surface area contributed by atoms with E-state index in [9.17, 15) is 0 Å². The lowest BCUT2D eigenvalue weighted by Crippen LogP contribution is -2.06. The molecule has 20 heavy (non-hydrogen) atoms. The van der Waals surface area contributed by atoms with Crippen molar-refractivity contribution in [3.05, 3.63) is 77.9 Å². The molecule has 0 saturated heterocycles. The normalized spacial score (nSPS) is 22.6. The molecule has 0 N–H and O–H groups in total. The molecule has 2 unspecified atom stereocenters. The Morgan fingerprint density at radius 1 is 0.850 bits per heavy atom. The Kier molecular flexibility index (Phi) is 2.82. The summed E-state index contributed by atoms with van der Waals surface area (Å²) in [5, 5.41) is 0.586. The Morgan fingerprint density at radius 2 is 1.60 bits per heavy atom. The zero-order chi connectivity index (χ0) is 13.5. The van der Waals surface area contributed by atoms with Gasteiger partial charge in [0, 0.05) is 16.1 Å². The molecule has 0 nitrogen and oxygen atoms in total. The predicted octanol–water partition coefficient (Wildman–Crippen LogP) is 5.35. The number of allylic oxidation sites excluding steroid dienone is 3. The van der Waals surface area contributed by atoms with Crippen molar-refractivity contribution in [2.45, 2.75) is 23.0 Å². The zero-order valence-corrected chi connectivity index (χ0v) is 12.2. The van der Waals surface area contributed by atoms with E-state index in [2.05, 4.69) is 73.7 Å². The lowest BCUT2D eigenvalue weighted by Gasteiger charge is -2.15. The van der Waals surface area contributed by atoms with E-state index in [1.165, 1.54) is 27.1 Å². The fraction of sp³-hybridized carbons (Fsp3) is 0.158. The summed E-state index contributed by atoms with van der Waals surface area (Å²) in [4.78, 5) is 1.44. The summed E-state index contributed by atoms with van der Waals surface area (Å²) in [7, 11) is 0. The Morgan fingerprint density at radius 3 is 2.45 bits per heavy atom. The van der Waals surface area contributed by atoms with E-state index in [1.54, 1.807) is 0 Å². The van der Waals surface area contributed by atoms with Crippen molar-refractivity contribution in [1.82, 2.24) is 0 Å². The molecule has 1 heteroatoms. The van der Waals surface area contributed by atoms with Gasteiger partial charge in [-0.2, -0.15) is 0 Å². The van der Waals surface area contributed by atoms with Crippen molar-refractivity contribution in [3.8, 4) is 11.1 Å². The minimum absolute atomic E-state index is 0.547. The van der Waals surface area contributed by atoms with Crippen molar-refractivity contribution in [1.29, 1.82) is 0 Å². The van der Waals surface area contributed by atoms with Gasteiger partial charge in [-0.15, -0.1) is 11.8 Å². The lowest BCUT2D eigenvalue weighted by atomic mass is 9.90. The third-order valence-electron chi connectivity index (χ3n) is 4.10. The maximum atomic E-state index is 2.38. The van der Waals surface area contributed by atoms with E-state index in [0.717, 1.165) is 0 Å². The molecule has 2 aliphatic rings. The van der Waals surface area contributed by atoms with E-state index in [-0.39, 0.29) is 0 Å². The molecule has 0 fully saturated rings. The van der Waals surface area contributed by atoms with Gasteiger partial charge in [0.15, 0.2) is 0 Å². The highest BCUT2D eigenvalue weighted by Crippen LogP contribution is 2.48. The summed E-state index contributed by atoms with van der Waals surface area (Å²) in [5.74, 6) is 0.547. The van der Waals surface area contributed by atoms with Crippen LogP contribution in [0.25, 0.3) is 11.1 Å². The highest BCUT2D eigenvalue weighted by molar-refractivity contribution is 8.00. The van der Waals surface area contributed by atoms with Crippen LogP contribution < -0.4 is 0 Å². The van der Waals surface area contributed by atoms with Crippen LogP contribution in [0.4, 0.5) is 0 Å². The van der Waals surface area contributed by atoms with Crippen LogP contribution in [-0.2, 0) is 0 Å². The van der Waals surface area contributed by atoms with Crippen LogP contribution in [0, 0.1) is 6.92 Å². The number of fused-ring (bicyclic) bond motifs is 3. The minimum atomic E-state index is 0.547. The molecule has 0 spiro atoms. The second kappa shape index (κ2) is 4.68. The van der Waals surface area contributed by atoms with Crippen LogP contribution in [-0.4, -0.2) is 5.25 Å². The van der Waals surface area contributed by atoms with Crippen molar-refractivity contribution in [3.63, 3.8) is 0 Å². The molecule has 1 aliphatic carbocycles. The van der Waals surface area contributed by atoms with Crippen LogP contribution >= 0.6 is 11.8 Å². The molecule has 1 aliphatic heterocycles. The van der Waals surface area contributed by atoms with Crippen LogP contribution in [0.1, 0.15) is 17.0 Å². The first kappa shape index (κ1) is 12.0. The molecule has 2 aromatic rings. The maximum Gasteiger partial charge on any atom is 0.0381 e. The van der Waals surface area contributed by atoms with E-state index < -0.39 is 0 Å². The van der Waals surface area contributed by atoms with Gasteiger partial charge in [0.1, 0.15) is 0 Å². The SMILES string of the molecule is Cc1ccc(-c2ccc3c(c2)C2C=CC=CC2S3)cc1. The molecule has 4 rings (SSSR count). The van der Waals surface area contributed by atoms with Crippen LogP contribution in [0.5, 0.6) is 0 Å². The van der Waals surface area contributed by atoms with Crippen molar-refractivity contribution < 1.29 is 0 Å². The predicted molar refractivity (Wildman–Crippen MR) is 87.3 cm³/mol. The average molecular weight is 276 g/mol. The van der Waals surface area contributed by atoms with Gasteiger partial charge in [-0.05, 0) is 35.7 Å². The molecule has 2 aromatic carbocycles. The quantitative estimate of drug-likeness (QED) is 0.677. The zero-order valence-electron chi connectivity index (χ0n) is 11.4. The van der Waals surface area contributed by atoms with Gasteiger partial charge in [-0.1, -0.05) is 60.2 Å². The van der Waals surface area contributed by atoms with E-state index in [1.807, 2.05) is 11.8 Å². The van der Waals surface area contributed by atoms with E-state index in [0.29, 0.717) is 11.2 Å². The Balaban J connectivity index is 1.77. The molecule has 0 aromatic heterocycles. The molecular formula is C19H16S. The summed E-state index contributed by atoms with van der Waals surface area (Å²) < 4.78 is 0. The first-order valence-electron chi connectivity index (χ1n) is 7.04. The fourth-order valence-electron chi connectivity index (χ4n) is 2.97. The van der Waals surface area contributed by atoms with Crippen LogP contribution in [0.3, 0.4) is 0 Å². The van der Waals surface area contributed by atoms with Gasteiger partial charge in [0.2, 0.25) is 0 Å². The molecule has 0 radical (unpaired) electrons. The van der Waals surface area contributed by atoms with Crippen LogP contribution in [0.15, 0.2) is 71.7 Å². The smallest absolute Gasteiger partial charge is 0.0381 e. The van der Waals surface area contributed by atoms with Crippen molar-refractivity contribution >= 4 is 11.8 Å². The third-order valence-corrected chi connectivity index (χ3v) is 5.45. The van der Waals surface area contributed by atoms with Gasteiger partial charge >= 0.3 is 0 Å². The van der Waals surface area contributed by atoms with Gasteiger partial charge in [-0.3, -0.25) is 0 Å². The molecule has 98 valence electrons. The Bertz CT molecular complexity index is 707. The van der Waals surface area contributed by atoms with Crippen LogP contribution in [0.2, 0.25) is 0 Å². The first-order valence-corrected chi connectivity index (χ1v) is 7.92. The summed E-state index contributed by atoms with van der Waals surface area (Å²) in [6, 6.07) is 15.7. The van der Waals surface area contributed by atoms with E-state index in [4.69, 9.17) is 0 Å². The summed E-state index contributed by atoms with van der Waals surface area (Å²) in [6.07, 6.45) is 9.00. The highest BCUT2D eigenvalue weighted by atomic mass is 32.2. The Hall–Kier alpha value is -1.73. The second-order valence-corrected chi connectivity index (χ2v) is 6.72. The minimum Gasteiger partial charge on any atom is -0.117 e. The number of benzene rings is 2. The summed E-state index contributed by atoms with van der Waals surface area (Å²) in [5.41, 5.74) is 5.43. The fourth-order valence-corrected chi connectivity index (χ4v) is 4.29. The largest absolute Gasteiger partial charge is 0.117 e. The first-order chi connectivity index (χ1) is 9.81. The lowest BCUT2D eigenvalue weighted by molar-refractivity contribution is 0.881. The average Bonchev–Trinajstić information content (AvgIpc) is 2.86. The monoisotopic (exact) mass is 276 g/mol. The summed E-state index contributed by atoms with van der Waals surface area (Å²) in [6.45, 7) is 2.13. The number of hydrogen-bond acceptors (Lipinski definition) is 1. The third kappa shape index (κ3) is 1.94. The number of thioether (sulfide) groups is 1. The molecule has 1 heterocycles. The van der Waals surface area contributed by atoms with Gasteiger partial charge in [-0.25, -0.2) is 0 Å². The maximum absolute atomic E-state index is 2.38. The highest BCUT2D eigenvalue weighted by Gasteiger charge is 2.30. The van der Waals surface area contributed by atoms with Gasteiger partial charge in [0.05, 0.1) is 0 Å². The number of aryl methyl sites for hydroxylation is 1. The Labute approximate surface area is 124 Å². The summed E-state index contributed by atoms with van der Waals surface area (Å²) >= 11 is 1.99. The molecule has 0 bridgehead atoms. The topological polar surface area (TPSA) is 0 Å². The molecule has 2 atom stereocenters. The number of hydrogen-bond donors (Lipinski definition) is 0. The number of rotatable bonds is 1. The van der Waals surface area contributed by atoms with Crippen molar-refractivity contribution in [2.24, 2.45) is 0 Å². The standard InChI is InChI=1S/C19H16S/c1-13-6-8-14(9-7-13)15-10-11-19-17(12-15)16-4-2-3-5-18(16)20-19/h2-12,16,18H,1H3.